The van der Waals surface area contributed by atoms with E-state index in [1.807, 2.05) is 36.4 Å². The second-order valence-corrected chi connectivity index (χ2v) is 10.2. The number of carbonyl (C=O) groups excluding carboxylic acids is 4. The summed E-state index contributed by atoms with van der Waals surface area (Å²) in [6.07, 6.45) is 3.81. The lowest BCUT2D eigenvalue weighted by Crippen LogP contribution is -2.54. The van der Waals surface area contributed by atoms with Gasteiger partial charge in [-0.1, -0.05) is 42.5 Å². The number of hydrogen-bond acceptors (Lipinski definition) is 6. The van der Waals surface area contributed by atoms with Crippen LogP contribution in [-0.2, 0) is 21.7 Å². The van der Waals surface area contributed by atoms with Crippen molar-refractivity contribution in [2.24, 2.45) is 5.92 Å². The molecule has 2 N–H and O–H groups in total. The zero-order valence-corrected chi connectivity index (χ0v) is 20.3. The van der Waals surface area contributed by atoms with Crippen molar-refractivity contribution in [2.45, 2.75) is 50.7 Å². The Kier molecular flexibility index (Phi) is 5.40. The molecule has 2 aromatic carbocycles. The van der Waals surface area contributed by atoms with Crippen LogP contribution in [0.15, 0.2) is 54.7 Å². The second kappa shape index (κ2) is 8.65. The van der Waals surface area contributed by atoms with Crippen LogP contribution in [0.5, 0.6) is 0 Å². The number of benzene rings is 2. The molecule has 1 aliphatic carbocycles. The molecule has 2 fully saturated rings. The standard InChI is InChI=1S/C27H26N6O4/c1-16-12-27(13-16,18-5-3-2-4-6-18)29-24(35)21-15-33(31-30-21)19-7-8-20-17(11-19)14-32(26(20)37)22-9-10-23(34)28-25(22)36/h2-8,11,15-16,22H,9-10,12-14H2,1H3,(H,29,35)(H,28,34,36). The van der Waals surface area contributed by atoms with Crippen LogP contribution in [0.2, 0.25) is 0 Å². The molecule has 6 rings (SSSR count). The van der Waals surface area contributed by atoms with Gasteiger partial charge in [0.1, 0.15) is 6.04 Å². The van der Waals surface area contributed by atoms with Crippen molar-refractivity contribution in [3.8, 4) is 5.69 Å². The lowest BCUT2D eigenvalue weighted by Gasteiger charge is -2.47. The van der Waals surface area contributed by atoms with E-state index in [-0.39, 0.29) is 36.4 Å². The molecule has 3 aliphatic rings. The van der Waals surface area contributed by atoms with Gasteiger partial charge in [-0.3, -0.25) is 24.5 Å². The fraction of sp³-hybridized carbons (Fsp3) is 0.333. The number of fused-ring (bicyclic) bond motifs is 1. The topological polar surface area (TPSA) is 126 Å². The first-order valence-corrected chi connectivity index (χ1v) is 12.4. The molecule has 3 heterocycles. The summed E-state index contributed by atoms with van der Waals surface area (Å²) in [5.74, 6) is -0.776. The molecule has 37 heavy (non-hydrogen) atoms. The van der Waals surface area contributed by atoms with Crippen LogP contribution in [0, 0.1) is 5.92 Å². The van der Waals surface area contributed by atoms with Gasteiger partial charge in [-0.15, -0.1) is 5.10 Å². The summed E-state index contributed by atoms with van der Waals surface area (Å²) < 4.78 is 1.51. The molecular formula is C27H26N6O4. The monoisotopic (exact) mass is 498 g/mol. The van der Waals surface area contributed by atoms with Gasteiger partial charge in [-0.05, 0) is 54.5 Å². The van der Waals surface area contributed by atoms with E-state index in [1.165, 1.54) is 9.58 Å². The summed E-state index contributed by atoms with van der Waals surface area (Å²) >= 11 is 0. The van der Waals surface area contributed by atoms with Crippen molar-refractivity contribution < 1.29 is 19.2 Å². The maximum absolute atomic E-state index is 13.1. The number of hydrogen-bond donors (Lipinski definition) is 2. The van der Waals surface area contributed by atoms with Crippen molar-refractivity contribution in [3.63, 3.8) is 0 Å². The predicted octanol–water partition coefficient (Wildman–Crippen LogP) is 2.08. The Balaban J connectivity index is 1.19. The highest BCUT2D eigenvalue weighted by Crippen LogP contribution is 2.45. The molecule has 10 heteroatoms. The maximum atomic E-state index is 13.1. The molecule has 1 unspecified atom stereocenters. The number of piperidine rings is 1. The molecule has 188 valence electrons. The molecule has 4 amide bonds. The highest BCUT2D eigenvalue weighted by Gasteiger charge is 2.45. The summed E-state index contributed by atoms with van der Waals surface area (Å²) in [7, 11) is 0. The van der Waals surface area contributed by atoms with E-state index in [0.717, 1.165) is 24.0 Å². The minimum absolute atomic E-state index is 0.204. The van der Waals surface area contributed by atoms with Gasteiger partial charge < -0.3 is 10.2 Å². The van der Waals surface area contributed by atoms with Crippen molar-refractivity contribution in [3.05, 3.63) is 77.1 Å². The molecule has 0 radical (unpaired) electrons. The highest BCUT2D eigenvalue weighted by molar-refractivity contribution is 6.05. The van der Waals surface area contributed by atoms with Crippen LogP contribution in [0.3, 0.4) is 0 Å². The van der Waals surface area contributed by atoms with Gasteiger partial charge in [0, 0.05) is 18.5 Å². The fourth-order valence-electron chi connectivity index (χ4n) is 5.78. The Morgan fingerprint density at radius 3 is 2.62 bits per heavy atom. The van der Waals surface area contributed by atoms with Crippen LogP contribution >= 0.6 is 0 Å². The largest absolute Gasteiger partial charge is 0.341 e. The van der Waals surface area contributed by atoms with E-state index in [0.29, 0.717) is 23.6 Å². The van der Waals surface area contributed by atoms with Crippen molar-refractivity contribution >= 4 is 23.6 Å². The van der Waals surface area contributed by atoms with Gasteiger partial charge >= 0.3 is 0 Å². The van der Waals surface area contributed by atoms with Crippen LogP contribution < -0.4 is 10.6 Å². The number of imide groups is 1. The van der Waals surface area contributed by atoms with E-state index in [1.54, 1.807) is 18.3 Å². The SMILES string of the molecule is CC1CC(NC(=O)c2cn(-c3ccc4c(c3)CN(C3CCC(=O)NC3=O)C4=O)nn2)(c2ccccc2)C1. The van der Waals surface area contributed by atoms with Gasteiger partial charge in [0.15, 0.2) is 5.69 Å². The first-order valence-electron chi connectivity index (χ1n) is 12.4. The Hall–Kier alpha value is -4.34. The molecule has 3 aromatic rings. The smallest absolute Gasteiger partial charge is 0.274 e. The van der Waals surface area contributed by atoms with Gasteiger partial charge in [-0.25, -0.2) is 4.68 Å². The molecule has 0 spiro atoms. The maximum Gasteiger partial charge on any atom is 0.274 e. The summed E-state index contributed by atoms with van der Waals surface area (Å²) in [5.41, 5.74) is 2.79. The average molecular weight is 499 g/mol. The Morgan fingerprint density at radius 1 is 1.11 bits per heavy atom. The van der Waals surface area contributed by atoms with E-state index < -0.39 is 17.5 Å². The first kappa shape index (κ1) is 23.1. The van der Waals surface area contributed by atoms with Crippen LogP contribution in [0.1, 0.15) is 64.6 Å². The van der Waals surface area contributed by atoms with E-state index in [4.69, 9.17) is 0 Å². The fourth-order valence-corrected chi connectivity index (χ4v) is 5.78. The van der Waals surface area contributed by atoms with Crippen LogP contribution in [0.25, 0.3) is 5.69 Å². The van der Waals surface area contributed by atoms with Gasteiger partial charge in [0.25, 0.3) is 11.8 Å². The Bertz CT molecular complexity index is 1430. The molecule has 0 bridgehead atoms. The van der Waals surface area contributed by atoms with Crippen LogP contribution in [-0.4, -0.2) is 49.6 Å². The van der Waals surface area contributed by atoms with Crippen molar-refractivity contribution in [1.29, 1.82) is 0 Å². The number of carbonyl (C=O) groups is 4. The van der Waals surface area contributed by atoms with Gasteiger partial charge in [0.05, 0.1) is 17.4 Å². The average Bonchev–Trinajstić information content (AvgIpc) is 3.49. The summed E-state index contributed by atoms with van der Waals surface area (Å²) in [6, 6.07) is 14.6. The van der Waals surface area contributed by atoms with Crippen LogP contribution in [0.4, 0.5) is 0 Å². The van der Waals surface area contributed by atoms with Crippen molar-refractivity contribution in [2.75, 3.05) is 0 Å². The molecular weight excluding hydrogens is 472 g/mol. The number of nitrogens with one attached hydrogen (secondary N) is 2. The van der Waals surface area contributed by atoms with E-state index in [2.05, 4.69) is 27.9 Å². The second-order valence-electron chi connectivity index (χ2n) is 10.2. The zero-order valence-electron chi connectivity index (χ0n) is 20.3. The van der Waals surface area contributed by atoms with Crippen molar-refractivity contribution in [1.82, 2.24) is 30.5 Å². The van der Waals surface area contributed by atoms with Gasteiger partial charge in [0.2, 0.25) is 11.8 Å². The summed E-state index contributed by atoms with van der Waals surface area (Å²) in [4.78, 5) is 51.4. The van der Waals surface area contributed by atoms with Gasteiger partial charge in [-0.2, -0.15) is 0 Å². The quantitative estimate of drug-likeness (QED) is 0.519. The molecule has 2 aliphatic heterocycles. The predicted molar refractivity (Wildman–Crippen MR) is 131 cm³/mol. The third kappa shape index (κ3) is 3.98. The first-order chi connectivity index (χ1) is 17.8. The Morgan fingerprint density at radius 2 is 1.89 bits per heavy atom. The molecule has 10 nitrogen and oxygen atoms in total. The number of amides is 4. The normalized spacial score (nSPS) is 24.9. The third-order valence-corrected chi connectivity index (χ3v) is 7.57. The number of rotatable bonds is 5. The lowest BCUT2D eigenvalue weighted by molar-refractivity contribution is -0.136. The number of aromatic nitrogens is 3. The third-order valence-electron chi connectivity index (χ3n) is 7.57. The Labute approximate surface area is 213 Å². The molecule has 1 saturated carbocycles. The molecule has 1 saturated heterocycles. The van der Waals surface area contributed by atoms with E-state index in [9.17, 15) is 19.2 Å². The zero-order chi connectivity index (χ0) is 25.7. The summed E-state index contributed by atoms with van der Waals surface area (Å²) in [5, 5.41) is 13.7. The molecule has 1 aromatic heterocycles. The minimum atomic E-state index is -0.672. The van der Waals surface area contributed by atoms with E-state index >= 15 is 0 Å². The lowest BCUT2D eigenvalue weighted by atomic mass is 9.65. The molecule has 1 atom stereocenters. The number of nitrogens with zero attached hydrogens (tertiary/aromatic N) is 4. The summed E-state index contributed by atoms with van der Waals surface area (Å²) in [6.45, 7) is 2.43. The highest BCUT2D eigenvalue weighted by atomic mass is 16.2. The minimum Gasteiger partial charge on any atom is -0.341 e.